The summed E-state index contributed by atoms with van der Waals surface area (Å²) >= 11 is 1.99. The molecule has 1 aromatic carbocycles. The topological polar surface area (TPSA) is 60.2 Å². The summed E-state index contributed by atoms with van der Waals surface area (Å²) in [6, 6.07) is 6.41. The number of halogens is 1. The standard InChI is InChI=1S/C16H21FN4S/c1-2-19-16(21-11-14-4-3-7-22-14)20-10-13-6-5-12(9-18)8-15(13)17/h5-6,8,14H,2-4,7,10-11H2,1H3,(H2,19,20,21). The van der Waals surface area contributed by atoms with Crippen molar-refractivity contribution < 1.29 is 4.39 Å². The molecule has 22 heavy (non-hydrogen) atoms. The number of nitrogens with zero attached hydrogens (tertiary/aromatic N) is 2. The van der Waals surface area contributed by atoms with Crippen LogP contribution in [0.1, 0.15) is 30.9 Å². The Kier molecular flexibility index (Phi) is 6.53. The van der Waals surface area contributed by atoms with Crippen LogP contribution in [0.4, 0.5) is 4.39 Å². The molecule has 1 atom stereocenters. The lowest BCUT2D eigenvalue weighted by atomic mass is 10.1. The Morgan fingerprint density at radius 2 is 2.36 bits per heavy atom. The fraction of sp³-hybridized carbons (Fsp3) is 0.500. The number of hydrogen-bond acceptors (Lipinski definition) is 3. The molecule has 0 saturated carbocycles. The Bertz CT molecular complexity index is 562. The molecular formula is C16H21FN4S. The molecule has 0 aromatic heterocycles. The van der Waals surface area contributed by atoms with E-state index in [0.29, 0.717) is 22.3 Å². The molecule has 118 valence electrons. The summed E-state index contributed by atoms with van der Waals surface area (Å²) in [6.07, 6.45) is 2.52. The van der Waals surface area contributed by atoms with Gasteiger partial charge in [-0.2, -0.15) is 17.0 Å². The molecule has 1 fully saturated rings. The van der Waals surface area contributed by atoms with Crippen molar-refractivity contribution in [2.75, 3.05) is 18.8 Å². The van der Waals surface area contributed by atoms with E-state index in [1.54, 1.807) is 12.1 Å². The molecule has 2 rings (SSSR count). The van der Waals surface area contributed by atoms with Gasteiger partial charge in [-0.05, 0) is 37.7 Å². The first-order chi connectivity index (χ1) is 10.7. The molecule has 0 spiro atoms. The van der Waals surface area contributed by atoms with Gasteiger partial charge in [0.15, 0.2) is 5.96 Å². The number of rotatable bonds is 5. The second kappa shape index (κ2) is 8.64. The lowest BCUT2D eigenvalue weighted by molar-refractivity contribution is 0.609. The van der Waals surface area contributed by atoms with Gasteiger partial charge in [-0.1, -0.05) is 6.07 Å². The Hall–Kier alpha value is -1.74. The van der Waals surface area contributed by atoms with Crippen LogP contribution in [-0.2, 0) is 6.54 Å². The van der Waals surface area contributed by atoms with Crippen molar-refractivity contribution >= 4 is 17.7 Å². The summed E-state index contributed by atoms with van der Waals surface area (Å²) in [4.78, 5) is 4.42. The summed E-state index contributed by atoms with van der Waals surface area (Å²) in [5, 5.41) is 15.9. The Labute approximate surface area is 135 Å². The molecule has 0 bridgehead atoms. The zero-order valence-corrected chi connectivity index (χ0v) is 13.5. The maximum Gasteiger partial charge on any atom is 0.191 e. The molecule has 1 unspecified atom stereocenters. The highest BCUT2D eigenvalue weighted by Gasteiger charge is 2.15. The van der Waals surface area contributed by atoms with Crippen molar-refractivity contribution in [3.8, 4) is 6.07 Å². The van der Waals surface area contributed by atoms with Crippen molar-refractivity contribution in [1.29, 1.82) is 5.26 Å². The molecular weight excluding hydrogens is 299 g/mol. The van der Waals surface area contributed by atoms with Gasteiger partial charge < -0.3 is 10.6 Å². The van der Waals surface area contributed by atoms with Crippen LogP contribution in [0.5, 0.6) is 0 Å². The van der Waals surface area contributed by atoms with Gasteiger partial charge in [0.2, 0.25) is 0 Å². The van der Waals surface area contributed by atoms with E-state index in [9.17, 15) is 4.39 Å². The minimum Gasteiger partial charge on any atom is -0.357 e. The van der Waals surface area contributed by atoms with Gasteiger partial charge in [0.1, 0.15) is 5.82 Å². The second-order valence-corrected chi connectivity index (χ2v) is 6.54. The van der Waals surface area contributed by atoms with E-state index in [0.717, 1.165) is 13.1 Å². The minimum absolute atomic E-state index is 0.255. The smallest absolute Gasteiger partial charge is 0.191 e. The van der Waals surface area contributed by atoms with E-state index >= 15 is 0 Å². The first-order valence-corrected chi connectivity index (χ1v) is 8.60. The van der Waals surface area contributed by atoms with Gasteiger partial charge in [-0.3, -0.25) is 0 Å². The first kappa shape index (κ1) is 16.6. The van der Waals surface area contributed by atoms with Crippen LogP contribution in [-0.4, -0.2) is 30.1 Å². The largest absolute Gasteiger partial charge is 0.357 e. The van der Waals surface area contributed by atoms with E-state index in [1.807, 2.05) is 24.8 Å². The number of benzene rings is 1. The van der Waals surface area contributed by atoms with Crippen LogP contribution in [0.2, 0.25) is 0 Å². The van der Waals surface area contributed by atoms with E-state index in [2.05, 4.69) is 15.6 Å². The van der Waals surface area contributed by atoms with E-state index < -0.39 is 0 Å². The zero-order chi connectivity index (χ0) is 15.8. The molecule has 0 aliphatic carbocycles. The maximum atomic E-state index is 13.8. The molecule has 1 heterocycles. The van der Waals surface area contributed by atoms with Crippen LogP contribution >= 0.6 is 11.8 Å². The lowest BCUT2D eigenvalue weighted by Gasteiger charge is -2.14. The molecule has 1 aliphatic heterocycles. The van der Waals surface area contributed by atoms with Crippen molar-refractivity contribution in [3.05, 3.63) is 35.1 Å². The average molecular weight is 320 g/mol. The molecule has 1 aromatic rings. The predicted octanol–water partition coefficient (Wildman–Crippen LogP) is 2.65. The maximum absolute atomic E-state index is 13.8. The average Bonchev–Trinajstić information content (AvgIpc) is 3.04. The Morgan fingerprint density at radius 1 is 1.50 bits per heavy atom. The van der Waals surface area contributed by atoms with Crippen LogP contribution in [0, 0.1) is 17.1 Å². The number of guanidine groups is 1. The molecule has 4 nitrogen and oxygen atoms in total. The normalized spacial score (nSPS) is 18.0. The van der Waals surface area contributed by atoms with Crippen LogP contribution in [0.25, 0.3) is 0 Å². The van der Waals surface area contributed by atoms with E-state index in [1.165, 1.54) is 24.7 Å². The Morgan fingerprint density at radius 3 is 3.00 bits per heavy atom. The highest BCUT2D eigenvalue weighted by Crippen LogP contribution is 2.25. The van der Waals surface area contributed by atoms with Crippen molar-refractivity contribution in [2.24, 2.45) is 4.99 Å². The summed E-state index contributed by atoms with van der Waals surface area (Å²) < 4.78 is 13.8. The Balaban J connectivity index is 1.95. The van der Waals surface area contributed by atoms with Gasteiger partial charge in [-0.15, -0.1) is 0 Å². The summed E-state index contributed by atoms with van der Waals surface area (Å²) in [7, 11) is 0. The van der Waals surface area contributed by atoms with Gasteiger partial charge in [0.05, 0.1) is 18.2 Å². The quantitative estimate of drug-likeness (QED) is 0.647. The predicted molar refractivity (Wildman–Crippen MR) is 89.4 cm³/mol. The molecule has 2 N–H and O–H groups in total. The van der Waals surface area contributed by atoms with E-state index in [-0.39, 0.29) is 12.4 Å². The van der Waals surface area contributed by atoms with E-state index in [4.69, 9.17) is 5.26 Å². The lowest BCUT2D eigenvalue weighted by Crippen LogP contribution is -2.40. The monoisotopic (exact) mass is 320 g/mol. The SMILES string of the molecule is CCNC(=NCc1ccc(C#N)cc1F)NCC1CCCS1. The number of nitriles is 1. The third kappa shape index (κ3) is 4.92. The molecule has 0 radical (unpaired) electrons. The number of nitrogens with one attached hydrogen (secondary N) is 2. The van der Waals surface area contributed by atoms with Crippen LogP contribution in [0.3, 0.4) is 0 Å². The fourth-order valence-corrected chi connectivity index (χ4v) is 3.47. The van der Waals surface area contributed by atoms with Gasteiger partial charge in [0.25, 0.3) is 0 Å². The third-order valence-electron chi connectivity index (χ3n) is 3.46. The molecule has 0 amide bonds. The first-order valence-electron chi connectivity index (χ1n) is 7.55. The van der Waals surface area contributed by atoms with Gasteiger partial charge >= 0.3 is 0 Å². The summed E-state index contributed by atoms with van der Waals surface area (Å²) in [5.74, 6) is 1.56. The zero-order valence-electron chi connectivity index (χ0n) is 12.7. The fourth-order valence-electron chi connectivity index (χ4n) is 2.27. The highest BCUT2D eigenvalue weighted by molar-refractivity contribution is 8.00. The van der Waals surface area contributed by atoms with Crippen molar-refractivity contribution in [3.63, 3.8) is 0 Å². The minimum atomic E-state index is -0.384. The summed E-state index contributed by atoms with van der Waals surface area (Å²) in [5.41, 5.74) is 0.819. The number of thioether (sulfide) groups is 1. The third-order valence-corrected chi connectivity index (χ3v) is 4.85. The highest BCUT2D eigenvalue weighted by atomic mass is 32.2. The van der Waals surface area contributed by atoms with Crippen molar-refractivity contribution in [1.82, 2.24) is 10.6 Å². The van der Waals surface area contributed by atoms with Gasteiger partial charge in [0, 0.05) is 23.9 Å². The number of hydrogen-bond donors (Lipinski definition) is 2. The van der Waals surface area contributed by atoms with Crippen molar-refractivity contribution in [2.45, 2.75) is 31.6 Å². The van der Waals surface area contributed by atoms with Crippen LogP contribution < -0.4 is 10.6 Å². The molecule has 1 aliphatic rings. The molecule has 1 saturated heterocycles. The van der Waals surface area contributed by atoms with Crippen LogP contribution in [0.15, 0.2) is 23.2 Å². The van der Waals surface area contributed by atoms with Gasteiger partial charge in [-0.25, -0.2) is 9.38 Å². The molecule has 6 heteroatoms. The second-order valence-electron chi connectivity index (χ2n) is 5.13. The number of aliphatic imine (C=N–C) groups is 1. The summed E-state index contributed by atoms with van der Waals surface area (Å²) in [6.45, 7) is 3.90.